The number of carbonyl (C=O) groups excluding carboxylic acids is 2. The first-order chi connectivity index (χ1) is 16.2. The Bertz CT molecular complexity index is 928. The first-order valence-corrected chi connectivity index (χ1v) is 13.4. The zero-order chi connectivity index (χ0) is 26.0. The lowest BCUT2D eigenvalue weighted by Crippen LogP contribution is -2.41. The van der Waals surface area contributed by atoms with Gasteiger partial charge in [-0.25, -0.2) is 4.79 Å². The van der Waals surface area contributed by atoms with Crippen molar-refractivity contribution in [1.29, 1.82) is 0 Å². The van der Waals surface area contributed by atoms with Crippen molar-refractivity contribution >= 4 is 29.7 Å². The summed E-state index contributed by atoms with van der Waals surface area (Å²) < 4.78 is 5.54. The minimum Gasteiger partial charge on any atom is -0.481 e. The predicted octanol–water partition coefficient (Wildman–Crippen LogP) is 5.65. The van der Waals surface area contributed by atoms with Gasteiger partial charge in [0.05, 0.1) is 11.7 Å². The number of piperidine rings is 1. The van der Waals surface area contributed by atoms with Gasteiger partial charge in [-0.15, -0.1) is 11.8 Å². The van der Waals surface area contributed by atoms with Crippen LogP contribution in [0.5, 0.6) is 0 Å². The highest BCUT2D eigenvalue weighted by Gasteiger charge is 2.43. The summed E-state index contributed by atoms with van der Waals surface area (Å²) in [5.74, 6) is -0.764. The van der Waals surface area contributed by atoms with Gasteiger partial charge < -0.3 is 19.6 Å². The number of amides is 2. The summed E-state index contributed by atoms with van der Waals surface area (Å²) in [7, 11) is 0. The van der Waals surface area contributed by atoms with Gasteiger partial charge in [-0.05, 0) is 62.5 Å². The van der Waals surface area contributed by atoms with Crippen LogP contribution in [0.15, 0.2) is 24.3 Å². The number of aliphatic carboxylic acids is 1. The summed E-state index contributed by atoms with van der Waals surface area (Å²) in [4.78, 5) is 40.8. The zero-order valence-corrected chi connectivity index (χ0v) is 22.7. The Kier molecular flexibility index (Phi) is 8.45. The molecule has 2 heterocycles. The van der Waals surface area contributed by atoms with E-state index in [9.17, 15) is 19.5 Å². The Balaban J connectivity index is 1.80. The molecule has 0 spiro atoms. The molecule has 1 aromatic rings. The molecule has 2 aliphatic heterocycles. The van der Waals surface area contributed by atoms with Crippen LogP contribution in [-0.2, 0) is 14.3 Å². The molecule has 35 heavy (non-hydrogen) atoms. The molecular weight excluding hydrogens is 464 g/mol. The van der Waals surface area contributed by atoms with Crippen molar-refractivity contribution in [3.63, 3.8) is 0 Å². The number of likely N-dealkylation sites (tertiary alicyclic amines) is 1. The maximum Gasteiger partial charge on any atom is 0.410 e. The molecule has 2 saturated heterocycles. The van der Waals surface area contributed by atoms with Gasteiger partial charge in [0.1, 0.15) is 11.0 Å². The van der Waals surface area contributed by atoms with E-state index in [1.54, 1.807) is 4.90 Å². The second-order valence-corrected chi connectivity index (χ2v) is 13.1. The molecule has 2 aliphatic rings. The van der Waals surface area contributed by atoms with E-state index in [1.165, 1.54) is 17.3 Å². The molecule has 1 unspecified atom stereocenters. The number of hydrogen-bond acceptors (Lipinski definition) is 5. The molecular formula is C27H40N2O5S. The molecule has 3 rings (SSSR count). The van der Waals surface area contributed by atoms with E-state index in [0.29, 0.717) is 19.6 Å². The van der Waals surface area contributed by atoms with Gasteiger partial charge in [0.2, 0.25) is 5.91 Å². The van der Waals surface area contributed by atoms with Crippen LogP contribution >= 0.6 is 11.8 Å². The lowest BCUT2D eigenvalue weighted by Gasteiger charge is -2.35. The average Bonchev–Trinajstić information content (AvgIpc) is 3.05. The summed E-state index contributed by atoms with van der Waals surface area (Å²) in [5, 5.41) is 8.60. The maximum atomic E-state index is 13.2. The SMILES string of the molecule is CC(C)(C)CCN1C(=O)[C@H](CC(=O)O)SC1c1ccccc1C1CCN(C(=O)OC(C)(C)C)CC1. The molecule has 1 N–H and O–H groups in total. The molecule has 194 valence electrons. The number of ether oxygens (including phenoxy) is 1. The molecule has 2 atom stereocenters. The van der Waals surface area contributed by atoms with Crippen molar-refractivity contribution < 1.29 is 24.2 Å². The Morgan fingerprint density at radius 2 is 1.66 bits per heavy atom. The number of hydrogen-bond donors (Lipinski definition) is 1. The summed E-state index contributed by atoms with van der Waals surface area (Å²) >= 11 is 1.46. The Morgan fingerprint density at radius 1 is 1.06 bits per heavy atom. The second kappa shape index (κ2) is 10.8. The van der Waals surface area contributed by atoms with E-state index in [-0.39, 0.29) is 35.1 Å². The number of thioether (sulfide) groups is 1. The van der Waals surface area contributed by atoms with Crippen molar-refractivity contribution in [3.05, 3.63) is 35.4 Å². The van der Waals surface area contributed by atoms with Crippen molar-refractivity contribution in [2.75, 3.05) is 19.6 Å². The minimum absolute atomic E-state index is 0.0639. The van der Waals surface area contributed by atoms with Gasteiger partial charge in [0.25, 0.3) is 0 Å². The van der Waals surface area contributed by atoms with Gasteiger partial charge >= 0.3 is 12.1 Å². The van der Waals surface area contributed by atoms with Crippen LogP contribution in [0.3, 0.4) is 0 Å². The van der Waals surface area contributed by atoms with E-state index in [0.717, 1.165) is 24.8 Å². The smallest absolute Gasteiger partial charge is 0.410 e. The first-order valence-electron chi connectivity index (χ1n) is 12.5. The predicted molar refractivity (Wildman–Crippen MR) is 138 cm³/mol. The van der Waals surface area contributed by atoms with Gasteiger partial charge in [0.15, 0.2) is 0 Å². The normalized spacial score (nSPS) is 21.9. The fraction of sp³-hybridized carbons (Fsp3) is 0.667. The lowest BCUT2D eigenvalue weighted by molar-refractivity contribution is -0.140. The minimum atomic E-state index is -0.949. The van der Waals surface area contributed by atoms with Crippen molar-refractivity contribution in [2.45, 2.75) is 89.4 Å². The number of carboxylic acid groups (broad SMARTS) is 1. The van der Waals surface area contributed by atoms with E-state index in [1.807, 2.05) is 37.8 Å². The molecule has 2 fully saturated rings. The topological polar surface area (TPSA) is 87.2 Å². The zero-order valence-electron chi connectivity index (χ0n) is 21.9. The van der Waals surface area contributed by atoms with Crippen LogP contribution in [0.4, 0.5) is 4.79 Å². The molecule has 1 aromatic carbocycles. The standard InChI is InChI=1S/C27H40N2O5S/c1-26(2,3)13-16-29-23(32)21(17-22(30)31)35-24(29)20-10-8-7-9-19(20)18-11-14-28(15-12-18)25(33)34-27(4,5)6/h7-10,18,21,24H,11-17H2,1-6H3,(H,30,31)/t21-,24?/m0/s1. The Labute approximate surface area is 213 Å². The third-order valence-corrected chi connectivity index (χ3v) is 7.91. The summed E-state index contributed by atoms with van der Waals surface area (Å²) in [6, 6.07) is 8.22. The molecule has 7 nitrogen and oxygen atoms in total. The van der Waals surface area contributed by atoms with E-state index in [2.05, 4.69) is 32.9 Å². The number of nitrogens with zero attached hydrogens (tertiary/aromatic N) is 2. The second-order valence-electron chi connectivity index (χ2n) is 11.8. The van der Waals surface area contributed by atoms with Gasteiger partial charge in [0, 0.05) is 19.6 Å². The number of benzene rings is 1. The number of rotatable bonds is 6. The van der Waals surface area contributed by atoms with Crippen LogP contribution < -0.4 is 0 Å². The fourth-order valence-electron chi connectivity index (χ4n) is 4.61. The van der Waals surface area contributed by atoms with Gasteiger partial charge in [-0.3, -0.25) is 9.59 Å². The molecule has 0 aliphatic carbocycles. The Hall–Kier alpha value is -2.22. The summed E-state index contributed by atoms with van der Waals surface area (Å²) in [6.07, 6.45) is 2.05. The third-order valence-electron chi connectivity index (χ3n) is 6.45. The van der Waals surface area contributed by atoms with Crippen LogP contribution in [-0.4, -0.2) is 63.4 Å². The monoisotopic (exact) mass is 504 g/mol. The van der Waals surface area contributed by atoms with Crippen molar-refractivity contribution in [3.8, 4) is 0 Å². The molecule has 0 saturated carbocycles. The fourth-order valence-corrected chi connectivity index (χ4v) is 6.13. The van der Waals surface area contributed by atoms with Crippen LogP contribution in [0.1, 0.15) is 89.6 Å². The van der Waals surface area contributed by atoms with Crippen LogP contribution in [0.25, 0.3) is 0 Å². The molecule has 2 amide bonds. The molecule has 8 heteroatoms. The molecule has 0 bridgehead atoms. The highest BCUT2D eigenvalue weighted by Crippen LogP contribution is 2.47. The van der Waals surface area contributed by atoms with Crippen LogP contribution in [0, 0.1) is 5.41 Å². The molecule has 0 aromatic heterocycles. The summed E-state index contributed by atoms with van der Waals surface area (Å²) in [6.45, 7) is 13.9. The van der Waals surface area contributed by atoms with E-state index < -0.39 is 16.8 Å². The van der Waals surface area contributed by atoms with Gasteiger partial charge in [-0.2, -0.15) is 0 Å². The lowest BCUT2D eigenvalue weighted by atomic mass is 9.86. The first kappa shape index (κ1) is 27.4. The van der Waals surface area contributed by atoms with Crippen molar-refractivity contribution in [1.82, 2.24) is 9.80 Å². The average molecular weight is 505 g/mol. The highest BCUT2D eigenvalue weighted by molar-refractivity contribution is 8.01. The largest absolute Gasteiger partial charge is 0.481 e. The number of carbonyl (C=O) groups is 3. The Morgan fingerprint density at radius 3 is 2.20 bits per heavy atom. The highest BCUT2D eigenvalue weighted by atomic mass is 32.2. The van der Waals surface area contributed by atoms with E-state index >= 15 is 0 Å². The van der Waals surface area contributed by atoms with Crippen molar-refractivity contribution in [2.24, 2.45) is 5.41 Å². The maximum absolute atomic E-state index is 13.2. The van der Waals surface area contributed by atoms with E-state index in [4.69, 9.17) is 4.74 Å². The quantitative estimate of drug-likeness (QED) is 0.538. The third kappa shape index (κ3) is 7.38. The van der Waals surface area contributed by atoms with Crippen LogP contribution in [0.2, 0.25) is 0 Å². The summed E-state index contributed by atoms with van der Waals surface area (Å²) in [5.41, 5.74) is 1.83. The number of carboxylic acids is 1. The van der Waals surface area contributed by atoms with Gasteiger partial charge in [-0.1, -0.05) is 45.0 Å². The molecule has 0 radical (unpaired) electrons.